The van der Waals surface area contributed by atoms with Crippen LogP contribution in [-0.4, -0.2) is 83.7 Å². The van der Waals surface area contributed by atoms with Crippen molar-refractivity contribution in [1.82, 2.24) is 14.7 Å². The van der Waals surface area contributed by atoms with Gasteiger partial charge >= 0.3 is 0 Å². The number of nitrogens with zero attached hydrogens (tertiary/aromatic N) is 3. The van der Waals surface area contributed by atoms with Gasteiger partial charge in [-0.05, 0) is 114 Å². The highest BCUT2D eigenvalue weighted by Gasteiger charge is 2.74. The molecule has 2 aromatic carbocycles. The third kappa shape index (κ3) is 3.47. The molecular formula is C34H41N3O3. The molecule has 3 aliphatic carbocycles. The first-order chi connectivity index (χ1) is 19.2. The summed E-state index contributed by atoms with van der Waals surface area (Å²) in [7, 11) is 6.36. The molecule has 3 fully saturated rings. The number of likely N-dealkylation sites (tertiary alicyclic amines) is 1. The number of carbonyl (C=O) groups is 1. The molecule has 40 heavy (non-hydrogen) atoms. The number of hydrogen-bond acceptors (Lipinski definition) is 5. The molecule has 5 atom stereocenters. The molecule has 0 unspecified atom stereocenters. The lowest BCUT2D eigenvalue weighted by Crippen LogP contribution is -2.82. The van der Waals surface area contributed by atoms with E-state index in [-0.39, 0.29) is 34.8 Å². The van der Waals surface area contributed by atoms with E-state index in [1.54, 1.807) is 0 Å². The molecule has 7 rings (SSSR count). The second kappa shape index (κ2) is 8.99. The first-order valence-electron chi connectivity index (χ1n) is 15.0. The standard InChI is InChI=1S/C34H41N3O3/c1-21-6-7-23(18-22(21)2)10-13-29(39)36(5)26-14-15-34(35(3)4)28-19-25-11-12-27(38)31-30(25)33(34,32(26)40-31)16-17-37(28)20-24-8-9-24/h6-7,11-12,18,24,26,28,32,38H,8-9,14-17,19-20H2,1-5H3/t26-,28+,32-,33-,34+/m0/s1. The van der Waals surface area contributed by atoms with Gasteiger partial charge in [0.1, 0.15) is 6.10 Å². The Morgan fingerprint density at radius 2 is 1.90 bits per heavy atom. The van der Waals surface area contributed by atoms with E-state index in [1.807, 2.05) is 30.1 Å². The van der Waals surface area contributed by atoms with Crippen molar-refractivity contribution in [3.8, 4) is 23.3 Å². The first kappa shape index (κ1) is 25.9. The summed E-state index contributed by atoms with van der Waals surface area (Å²) in [5.74, 6) is 7.55. The highest BCUT2D eigenvalue weighted by atomic mass is 16.5. The number of phenols is 1. The fourth-order valence-electron chi connectivity index (χ4n) is 8.96. The van der Waals surface area contributed by atoms with E-state index in [2.05, 4.69) is 61.7 Å². The van der Waals surface area contributed by atoms with E-state index in [1.165, 1.54) is 41.6 Å². The maximum Gasteiger partial charge on any atom is 0.298 e. The molecule has 0 radical (unpaired) electrons. The van der Waals surface area contributed by atoms with Crippen LogP contribution in [0.15, 0.2) is 30.3 Å². The Morgan fingerprint density at radius 3 is 2.62 bits per heavy atom. The zero-order valence-electron chi connectivity index (χ0n) is 24.5. The van der Waals surface area contributed by atoms with Gasteiger partial charge in [0.2, 0.25) is 0 Å². The zero-order valence-corrected chi connectivity index (χ0v) is 24.5. The minimum atomic E-state index is -0.290. The largest absolute Gasteiger partial charge is 0.504 e. The molecule has 1 saturated heterocycles. The van der Waals surface area contributed by atoms with Gasteiger partial charge in [0.05, 0.1) is 11.5 Å². The van der Waals surface area contributed by atoms with Crippen molar-refractivity contribution in [3.63, 3.8) is 0 Å². The normalized spacial score (nSPS) is 31.7. The van der Waals surface area contributed by atoms with E-state index in [4.69, 9.17) is 4.74 Å². The maximum atomic E-state index is 13.6. The average molecular weight is 540 g/mol. The van der Waals surface area contributed by atoms with Crippen molar-refractivity contribution in [3.05, 3.63) is 58.1 Å². The lowest BCUT2D eigenvalue weighted by molar-refractivity contribution is -0.160. The number of piperidine rings is 1. The highest BCUT2D eigenvalue weighted by molar-refractivity contribution is 5.94. The van der Waals surface area contributed by atoms with Gasteiger partial charge in [-0.1, -0.05) is 18.1 Å². The molecule has 210 valence electrons. The quantitative estimate of drug-likeness (QED) is 0.595. The summed E-state index contributed by atoms with van der Waals surface area (Å²) < 4.78 is 6.85. The molecule has 5 aliphatic rings. The molecule has 6 nitrogen and oxygen atoms in total. The van der Waals surface area contributed by atoms with Crippen LogP contribution >= 0.6 is 0 Å². The summed E-state index contributed by atoms with van der Waals surface area (Å²) in [6.07, 6.45) is 6.24. The Kier molecular flexibility index (Phi) is 5.83. The third-order valence-corrected chi connectivity index (χ3v) is 11.2. The van der Waals surface area contributed by atoms with Gasteiger partial charge in [0.25, 0.3) is 5.91 Å². The Morgan fingerprint density at radius 1 is 1.10 bits per heavy atom. The fraction of sp³-hybridized carbons (Fsp3) is 0.559. The minimum absolute atomic E-state index is 0.122. The van der Waals surface area contributed by atoms with Crippen molar-refractivity contribution >= 4 is 5.91 Å². The number of hydrogen-bond donors (Lipinski definition) is 1. The maximum absolute atomic E-state index is 13.6. The molecular weight excluding hydrogens is 498 g/mol. The van der Waals surface area contributed by atoms with Crippen molar-refractivity contribution < 1.29 is 14.6 Å². The molecule has 1 spiro atoms. The van der Waals surface area contributed by atoms with Crippen LogP contribution in [0.25, 0.3) is 0 Å². The van der Waals surface area contributed by atoms with Gasteiger partial charge in [-0.25, -0.2) is 0 Å². The molecule has 1 N–H and O–H groups in total. The van der Waals surface area contributed by atoms with Gasteiger partial charge in [0.15, 0.2) is 11.5 Å². The number of ether oxygens (including phenoxy) is 1. The SMILES string of the molecule is Cc1ccc(C#CC(=O)N(C)[C@H]2CC[C@@]3(N(C)C)[C@H]4Cc5ccc(O)c6c5[C@@]3(CCN4CC3CC3)[C@H]2O6)cc1C. The van der Waals surface area contributed by atoms with Crippen molar-refractivity contribution in [2.75, 3.05) is 34.2 Å². The first-order valence-corrected chi connectivity index (χ1v) is 15.0. The van der Waals surface area contributed by atoms with Crippen LogP contribution in [0.2, 0.25) is 0 Å². The van der Waals surface area contributed by atoms with Crippen LogP contribution in [0.5, 0.6) is 11.5 Å². The molecule has 1 amide bonds. The zero-order chi connectivity index (χ0) is 28.0. The van der Waals surface area contributed by atoms with Gasteiger partial charge in [-0.3, -0.25) is 9.69 Å². The Balaban J connectivity index is 1.29. The van der Waals surface area contributed by atoms with Gasteiger partial charge in [0, 0.05) is 42.2 Å². The highest BCUT2D eigenvalue weighted by Crippen LogP contribution is 2.67. The molecule has 0 aromatic heterocycles. The number of aryl methyl sites for hydroxylation is 2. The average Bonchev–Trinajstić information content (AvgIpc) is 3.68. The smallest absolute Gasteiger partial charge is 0.298 e. The van der Waals surface area contributed by atoms with Crippen molar-refractivity contribution in [1.29, 1.82) is 0 Å². The molecule has 2 saturated carbocycles. The number of phenolic OH excluding ortho intramolecular Hbond substituents is 1. The van der Waals surface area contributed by atoms with Crippen LogP contribution in [0, 0.1) is 31.6 Å². The lowest BCUT2D eigenvalue weighted by Gasteiger charge is -2.69. The number of amides is 1. The van der Waals surface area contributed by atoms with E-state index in [9.17, 15) is 9.90 Å². The number of rotatable bonds is 4. The minimum Gasteiger partial charge on any atom is -0.504 e. The van der Waals surface area contributed by atoms with Gasteiger partial charge in [-0.2, -0.15) is 0 Å². The van der Waals surface area contributed by atoms with Crippen LogP contribution in [-0.2, 0) is 16.6 Å². The summed E-state index contributed by atoms with van der Waals surface area (Å²) in [5.41, 5.74) is 5.35. The second-order valence-electron chi connectivity index (χ2n) is 13.3. The van der Waals surface area contributed by atoms with Crippen LogP contribution in [0.1, 0.15) is 59.9 Å². The molecule has 2 aliphatic heterocycles. The summed E-state index contributed by atoms with van der Waals surface area (Å²) in [5, 5.41) is 11.0. The summed E-state index contributed by atoms with van der Waals surface area (Å²) >= 11 is 0. The van der Waals surface area contributed by atoms with E-state index < -0.39 is 0 Å². The van der Waals surface area contributed by atoms with Gasteiger partial charge in [-0.15, -0.1) is 0 Å². The number of benzene rings is 2. The predicted molar refractivity (Wildman–Crippen MR) is 156 cm³/mol. The van der Waals surface area contributed by atoms with E-state index in [0.717, 1.165) is 43.7 Å². The van der Waals surface area contributed by atoms with Crippen LogP contribution in [0.4, 0.5) is 0 Å². The number of aromatic hydroxyl groups is 1. The summed E-state index contributed by atoms with van der Waals surface area (Å²) in [6, 6.07) is 10.3. The van der Waals surface area contributed by atoms with Crippen molar-refractivity contribution in [2.24, 2.45) is 5.92 Å². The lowest BCUT2D eigenvalue weighted by atomic mass is 9.46. The van der Waals surface area contributed by atoms with E-state index in [0.29, 0.717) is 11.8 Å². The monoisotopic (exact) mass is 539 g/mol. The topological polar surface area (TPSA) is 56.2 Å². The molecule has 6 heteroatoms. The van der Waals surface area contributed by atoms with Gasteiger partial charge < -0.3 is 19.6 Å². The second-order valence-corrected chi connectivity index (χ2v) is 13.3. The number of likely N-dealkylation sites (N-methyl/N-ethyl adjacent to an activating group) is 2. The molecule has 2 bridgehead atoms. The summed E-state index contributed by atoms with van der Waals surface area (Å²) in [4.78, 5) is 20.6. The Labute approximate surface area is 238 Å². The van der Waals surface area contributed by atoms with Crippen molar-refractivity contribution in [2.45, 2.75) is 81.5 Å². The Hall–Kier alpha value is -3.01. The molecule has 2 heterocycles. The molecule has 2 aromatic rings. The fourth-order valence-corrected chi connectivity index (χ4v) is 8.96. The van der Waals surface area contributed by atoms with E-state index >= 15 is 0 Å². The predicted octanol–water partition coefficient (Wildman–Crippen LogP) is 4.02. The van der Waals surface area contributed by atoms with Crippen LogP contribution in [0.3, 0.4) is 0 Å². The Bertz CT molecular complexity index is 1450. The third-order valence-electron chi connectivity index (χ3n) is 11.2. The van der Waals surface area contributed by atoms with Crippen LogP contribution < -0.4 is 4.74 Å². The number of carbonyl (C=O) groups excluding carboxylic acids is 1. The summed E-state index contributed by atoms with van der Waals surface area (Å²) in [6.45, 7) is 6.36.